The summed E-state index contributed by atoms with van der Waals surface area (Å²) in [6.45, 7) is 2.97. The Morgan fingerprint density at radius 2 is 2.69 bits per heavy atom. The lowest BCUT2D eigenvalue weighted by Crippen LogP contribution is -2.48. The average molecular weight is 241 g/mol. The third-order valence-corrected chi connectivity index (χ3v) is 3.32. The van der Waals surface area contributed by atoms with Crippen molar-refractivity contribution in [2.24, 2.45) is 0 Å². The molecule has 1 N–H and O–H groups in total. The van der Waals surface area contributed by atoms with Crippen LogP contribution in [0.2, 0.25) is 0 Å². The molecule has 5 nitrogen and oxygen atoms in total. The molecule has 2 heterocycles. The zero-order valence-electron chi connectivity index (χ0n) is 9.18. The van der Waals surface area contributed by atoms with Gasteiger partial charge in [0.05, 0.1) is 12.1 Å². The van der Waals surface area contributed by atoms with E-state index in [0.717, 1.165) is 13.1 Å². The van der Waals surface area contributed by atoms with Gasteiger partial charge in [0.1, 0.15) is 6.10 Å². The number of nitrogens with one attached hydrogen (secondary N) is 1. The van der Waals surface area contributed by atoms with Crippen molar-refractivity contribution in [3.8, 4) is 0 Å². The van der Waals surface area contributed by atoms with Crippen molar-refractivity contribution >= 4 is 17.2 Å². The lowest BCUT2D eigenvalue weighted by Gasteiger charge is -2.31. The molecule has 0 aromatic carbocycles. The summed E-state index contributed by atoms with van der Waals surface area (Å²) in [7, 11) is 1.63. The van der Waals surface area contributed by atoms with Gasteiger partial charge >= 0.3 is 0 Å². The molecule has 1 fully saturated rings. The third-order valence-electron chi connectivity index (χ3n) is 2.55. The maximum absolute atomic E-state index is 11.4. The molecule has 2 rings (SSSR count). The second kappa shape index (κ2) is 5.38. The molecule has 6 heteroatoms. The standard InChI is InChI=1S/C10H15N3O2S/c1-11-10(14)9-6-13(2-3-15-9)5-8-4-12-7-16-8/h4,7,9H,2-3,5-6H2,1H3,(H,11,14). The van der Waals surface area contributed by atoms with E-state index >= 15 is 0 Å². The van der Waals surface area contributed by atoms with Gasteiger partial charge in [-0.2, -0.15) is 0 Å². The molecule has 1 amide bonds. The predicted octanol–water partition coefficient (Wildman–Crippen LogP) is 0.0899. The van der Waals surface area contributed by atoms with Gasteiger partial charge in [-0.25, -0.2) is 0 Å². The van der Waals surface area contributed by atoms with Crippen molar-refractivity contribution in [1.82, 2.24) is 15.2 Å². The zero-order valence-corrected chi connectivity index (χ0v) is 10.00. The maximum atomic E-state index is 11.4. The number of aromatic nitrogens is 1. The molecule has 1 atom stereocenters. The number of carbonyl (C=O) groups excluding carboxylic acids is 1. The number of carbonyl (C=O) groups is 1. The predicted molar refractivity (Wildman–Crippen MR) is 61.2 cm³/mol. The lowest BCUT2D eigenvalue weighted by atomic mass is 10.2. The number of morpholine rings is 1. The Kier molecular flexibility index (Phi) is 3.87. The molecule has 0 bridgehead atoms. The number of ether oxygens (including phenoxy) is 1. The summed E-state index contributed by atoms with van der Waals surface area (Å²) in [6, 6.07) is 0. The molecule has 1 aromatic heterocycles. The molecule has 88 valence electrons. The fourth-order valence-corrected chi connectivity index (χ4v) is 2.34. The molecule has 1 unspecified atom stereocenters. The van der Waals surface area contributed by atoms with Gasteiger partial charge in [-0.1, -0.05) is 0 Å². The topological polar surface area (TPSA) is 54.5 Å². The molecule has 1 aromatic rings. The zero-order chi connectivity index (χ0) is 11.4. The van der Waals surface area contributed by atoms with E-state index in [4.69, 9.17) is 4.74 Å². The van der Waals surface area contributed by atoms with Gasteiger partial charge in [0.25, 0.3) is 0 Å². The molecular formula is C10H15N3O2S. The van der Waals surface area contributed by atoms with Crippen LogP contribution in [0.25, 0.3) is 0 Å². The minimum Gasteiger partial charge on any atom is -0.366 e. The molecule has 16 heavy (non-hydrogen) atoms. The van der Waals surface area contributed by atoms with Crippen molar-refractivity contribution in [2.75, 3.05) is 26.7 Å². The summed E-state index contributed by atoms with van der Waals surface area (Å²) in [5, 5.41) is 2.61. The molecule has 1 aliphatic rings. The third kappa shape index (κ3) is 2.78. The van der Waals surface area contributed by atoms with Crippen LogP contribution in [0.1, 0.15) is 4.88 Å². The second-order valence-corrected chi connectivity index (χ2v) is 4.65. The number of nitrogens with zero attached hydrogens (tertiary/aromatic N) is 2. The lowest BCUT2D eigenvalue weighted by molar-refractivity contribution is -0.138. The van der Waals surface area contributed by atoms with Crippen LogP contribution in [0, 0.1) is 0 Å². The summed E-state index contributed by atoms with van der Waals surface area (Å²) in [5.41, 5.74) is 1.83. The van der Waals surface area contributed by atoms with Gasteiger partial charge in [-0.15, -0.1) is 11.3 Å². The SMILES string of the molecule is CNC(=O)C1CN(Cc2cncs2)CCO1. The summed E-state index contributed by atoms with van der Waals surface area (Å²) in [4.78, 5) is 18.9. The summed E-state index contributed by atoms with van der Waals surface area (Å²) in [5.74, 6) is -0.0472. The Hall–Kier alpha value is -0.980. The normalized spacial score (nSPS) is 21.9. The van der Waals surface area contributed by atoms with Crippen LogP contribution in [0.5, 0.6) is 0 Å². The molecule has 1 aliphatic heterocycles. The monoisotopic (exact) mass is 241 g/mol. The molecule has 0 radical (unpaired) electrons. The van der Waals surface area contributed by atoms with E-state index in [1.807, 2.05) is 11.7 Å². The quantitative estimate of drug-likeness (QED) is 0.815. The van der Waals surface area contributed by atoms with Crippen molar-refractivity contribution in [3.63, 3.8) is 0 Å². The van der Waals surface area contributed by atoms with Crippen LogP contribution in [0.15, 0.2) is 11.7 Å². The number of rotatable bonds is 3. The number of hydrogen-bond acceptors (Lipinski definition) is 5. The minimum atomic E-state index is -0.341. The highest BCUT2D eigenvalue weighted by Gasteiger charge is 2.25. The first-order chi connectivity index (χ1) is 7.79. The molecule has 0 spiro atoms. The second-order valence-electron chi connectivity index (χ2n) is 3.68. The van der Waals surface area contributed by atoms with Crippen LogP contribution >= 0.6 is 11.3 Å². The summed E-state index contributed by atoms with van der Waals surface area (Å²) < 4.78 is 5.41. The van der Waals surface area contributed by atoms with E-state index in [2.05, 4.69) is 15.2 Å². The first-order valence-electron chi connectivity index (χ1n) is 5.22. The first-order valence-corrected chi connectivity index (χ1v) is 6.10. The summed E-state index contributed by atoms with van der Waals surface area (Å²) >= 11 is 1.64. The summed E-state index contributed by atoms with van der Waals surface area (Å²) in [6.07, 6.45) is 1.53. The molecular weight excluding hydrogens is 226 g/mol. The van der Waals surface area contributed by atoms with Crippen LogP contribution in [0.4, 0.5) is 0 Å². The van der Waals surface area contributed by atoms with Gasteiger partial charge in [0.2, 0.25) is 5.91 Å². The number of amides is 1. The van der Waals surface area contributed by atoms with Crippen LogP contribution in [0.3, 0.4) is 0 Å². The Morgan fingerprint density at radius 3 is 3.38 bits per heavy atom. The highest BCUT2D eigenvalue weighted by atomic mass is 32.1. The molecule has 0 aliphatic carbocycles. The van der Waals surface area contributed by atoms with Gasteiger partial charge < -0.3 is 10.1 Å². The van der Waals surface area contributed by atoms with E-state index < -0.39 is 0 Å². The Morgan fingerprint density at radius 1 is 1.81 bits per heavy atom. The van der Waals surface area contributed by atoms with E-state index in [9.17, 15) is 4.79 Å². The molecule has 1 saturated heterocycles. The van der Waals surface area contributed by atoms with Gasteiger partial charge in [0, 0.05) is 37.8 Å². The van der Waals surface area contributed by atoms with Gasteiger partial charge in [0.15, 0.2) is 0 Å². The van der Waals surface area contributed by atoms with Crippen LogP contribution in [-0.2, 0) is 16.1 Å². The van der Waals surface area contributed by atoms with Crippen LogP contribution < -0.4 is 5.32 Å². The van der Waals surface area contributed by atoms with Crippen molar-refractivity contribution in [2.45, 2.75) is 12.6 Å². The van der Waals surface area contributed by atoms with E-state index in [0.29, 0.717) is 13.2 Å². The van der Waals surface area contributed by atoms with Crippen LogP contribution in [-0.4, -0.2) is 48.6 Å². The highest BCUT2D eigenvalue weighted by molar-refractivity contribution is 7.09. The maximum Gasteiger partial charge on any atom is 0.250 e. The van der Waals surface area contributed by atoms with E-state index in [1.165, 1.54) is 4.88 Å². The van der Waals surface area contributed by atoms with Gasteiger partial charge in [-0.05, 0) is 0 Å². The molecule has 0 saturated carbocycles. The largest absolute Gasteiger partial charge is 0.366 e. The fourth-order valence-electron chi connectivity index (χ4n) is 1.71. The van der Waals surface area contributed by atoms with Crippen molar-refractivity contribution in [3.05, 3.63) is 16.6 Å². The Labute approximate surface area is 98.4 Å². The number of hydrogen-bond donors (Lipinski definition) is 1. The van der Waals surface area contributed by atoms with Crippen molar-refractivity contribution < 1.29 is 9.53 Å². The van der Waals surface area contributed by atoms with E-state index in [1.54, 1.807) is 18.4 Å². The van der Waals surface area contributed by atoms with Crippen molar-refractivity contribution in [1.29, 1.82) is 0 Å². The smallest absolute Gasteiger partial charge is 0.250 e. The number of thiazole rings is 1. The average Bonchev–Trinajstić information content (AvgIpc) is 2.81. The Bertz CT molecular complexity index is 342. The van der Waals surface area contributed by atoms with Gasteiger partial charge in [-0.3, -0.25) is 14.7 Å². The highest BCUT2D eigenvalue weighted by Crippen LogP contribution is 2.13. The first kappa shape index (κ1) is 11.5. The Balaban J connectivity index is 1.89. The number of likely N-dealkylation sites (N-methyl/N-ethyl adjacent to an activating group) is 1. The fraction of sp³-hybridized carbons (Fsp3) is 0.600. The van der Waals surface area contributed by atoms with E-state index in [-0.39, 0.29) is 12.0 Å². The minimum absolute atomic E-state index is 0.0472.